The number of nitrogens with two attached hydrogens (primary N) is 1. The lowest BCUT2D eigenvalue weighted by atomic mass is 9.89. The molecule has 0 aliphatic carbocycles. The van der Waals surface area contributed by atoms with Gasteiger partial charge in [-0.2, -0.15) is 0 Å². The molecule has 0 amide bonds. The van der Waals surface area contributed by atoms with Crippen molar-refractivity contribution in [2.24, 2.45) is 10.7 Å². The number of likely N-dealkylation sites (N-methyl/N-ethyl adjacent to an activating group) is 1. The quantitative estimate of drug-likeness (QED) is 0.534. The summed E-state index contributed by atoms with van der Waals surface area (Å²) in [7, 11) is 2.02. The summed E-state index contributed by atoms with van der Waals surface area (Å²) in [5, 5.41) is 3.20. The van der Waals surface area contributed by atoms with Gasteiger partial charge >= 0.3 is 0 Å². The van der Waals surface area contributed by atoms with E-state index in [4.69, 9.17) is 5.73 Å². The molecule has 0 aromatic heterocycles. The van der Waals surface area contributed by atoms with Crippen LogP contribution in [0.2, 0.25) is 0 Å². The minimum atomic E-state index is -0.330. The standard InChI is InChI=1S/C21H18Br2F2N4.ClH/c1-29-9-12(6-11-2-3-13(24)7-17(11)22)19-16(10-29)20(28-21(26)27-19)15-5-4-14(25)8-18(15)23;/h2-8,20H,9-10H2,1H3,(H3,26,27,28);1H/b12-6+;. The number of aliphatic imine (C=N–C) groups is 1. The molecule has 1 atom stereocenters. The van der Waals surface area contributed by atoms with Crippen molar-refractivity contribution in [2.45, 2.75) is 6.04 Å². The third kappa shape index (κ3) is 4.61. The lowest BCUT2D eigenvalue weighted by molar-refractivity contribution is 0.368. The zero-order valence-corrected chi connectivity index (χ0v) is 19.9. The Morgan fingerprint density at radius 3 is 2.43 bits per heavy atom. The molecule has 0 spiro atoms. The van der Waals surface area contributed by atoms with E-state index in [2.05, 4.69) is 47.1 Å². The van der Waals surface area contributed by atoms with Crippen LogP contribution in [-0.4, -0.2) is 31.0 Å². The highest BCUT2D eigenvalue weighted by molar-refractivity contribution is 9.10. The smallest absolute Gasteiger partial charge is 0.194 e. The largest absolute Gasteiger partial charge is 0.370 e. The van der Waals surface area contributed by atoms with Gasteiger partial charge in [-0.3, -0.25) is 4.90 Å². The monoisotopic (exact) mass is 558 g/mol. The Hall–Kier alpha value is -1.74. The molecule has 2 aliphatic rings. The minimum absolute atomic E-state index is 0. The molecule has 0 saturated heterocycles. The predicted molar refractivity (Wildman–Crippen MR) is 125 cm³/mol. The lowest BCUT2D eigenvalue weighted by Crippen LogP contribution is -2.43. The van der Waals surface area contributed by atoms with Crippen LogP contribution in [0.5, 0.6) is 0 Å². The van der Waals surface area contributed by atoms with Gasteiger partial charge in [-0.1, -0.05) is 44.0 Å². The highest BCUT2D eigenvalue weighted by Crippen LogP contribution is 2.39. The molecule has 2 aromatic carbocycles. The van der Waals surface area contributed by atoms with Gasteiger partial charge in [0.2, 0.25) is 0 Å². The van der Waals surface area contributed by atoms with Crippen molar-refractivity contribution in [1.29, 1.82) is 0 Å². The number of rotatable bonds is 2. The first-order chi connectivity index (χ1) is 13.8. The van der Waals surface area contributed by atoms with Crippen LogP contribution in [0.4, 0.5) is 8.78 Å². The summed E-state index contributed by atoms with van der Waals surface area (Å²) >= 11 is 6.89. The highest BCUT2D eigenvalue weighted by atomic mass is 79.9. The zero-order chi connectivity index (χ0) is 20.7. The van der Waals surface area contributed by atoms with E-state index in [1.54, 1.807) is 12.1 Å². The van der Waals surface area contributed by atoms with Crippen LogP contribution in [0.1, 0.15) is 17.2 Å². The SMILES string of the molecule is CN1CC2=C(NC(N)=NC2c2ccc(F)cc2Br)/C(=C/c2ccc(F)cc2Br)C1.Cl. The van der Waals surface area contributed by atoms with Crippen LogP contribution in [0, 0.1) is 11.6 Å². The van der Waals surface area contributed by atoms with Crippen LogP contribution in [0.15, 0.2) is 67.2 Å². The van der Waals surface area contributed by atoms with E-state index in [1.165, 1.54) is 24.3 Å². The van der Waals surface area contributed by atoms with Crippen LogP contribution in [-0.2, 0) is 0 Å². The van der Waals surface area contributed by atoms with Crippen LogP contribution >= 0.6 is 44.3 Å². The van der Waals surface area contributed by atoms with Crippen molar-refractivity contribution in [3.63, 3.8) is 0 Å². The van der Waals surface area contributed by atoms with E-state index in [0.717, 1.165) is 28.0 Å². The van der Waals surface area contributed by atoms with Gasteiger partial charge in [-0.15, -0.1) is 12.4 Å². The number of hydrogen-bond acceptors (Lipinski definition) is 4. The fourth-order valence-corrected chi connectivity index (χ4v) is 4.70. The molecule has 158 valence electrons. The van der Waals surface area contributed by atoms with Gasteiger partial charge in [0.1, 0.15) is 17.7 Å². The van der Waals surface area contributed by atoms with E-state index in [1.807, 2.05) is 13.1 Å². The topological polar surface area (TPSA) is 53.6 Å². The molecule has 2 aromatic rings. The second-order valence-corrected chi connectivity index (χ2v) is 8.82. The summed E-state index contributed by atoms with van der Waals surface area (Å²) in [5.74, 6) is -0.310. The number of benzene rings is 2. The number of nitrogens with one attached hydrogen (secondary N) is 1. The molecular weight excluding hydrogens is 542 g/mol. The van der Waals surface area contributed by atoms with Crippen molar-refractivity contribution < 1.29 is 8.78 Å². The summed E-state index contributed by atoms with van der Waals surface area (Å²) in [5.41, 5.74) is 10.8. The molecule has 3 N–H and O–H groups in total. The highest BCUT2D eigenvalue weighted by Gasteiger charge is 2.32. The molecule has 9 heteroatoms. The number of nitrogens with zero attached hydrogens (tertiary/aromatic N) is 2. The van der Waals surface area contributed by atoms with Gasteiger partial charge in [-0.25, -0.2) is 13.8 Å². The van der Waals surface area contributed by atoms with Gasteiger partial charge in [0.25, 0.3) is 0 Å². The van der Waals surface area contributed by atoms with Crippen LogP contribution in [0.3, 0.4) is 0 Å². The molecular formula is C21H19Br2ClF2N4. The first-order valence-electron chi connectivity index (χ1n) is 8.94. The third-order valence-electron chi connectivity index (χ3n) is 4.92. The molecule has 1 unspecified atom stereocenters. The summed E-state index contributed by atoms with van der Waals surface area (Å²) in [4.78, 5) is 6.76. The van der Waals surface area contributed by atoms with Gasteiger partial charge in [0, 0.05) is 27.7 Å². The Morgan fingerprint density at radius 2 is 1.77 bits per heavy atom. The second kappa shape index (κ2) is 9.18. The fourth-order valence-electron chi connectivity index (χ4n) is 3.67. The van der Waals surface area contributed by atoms with Crippen molar-refractivity contribution in [1.82, 2.24) is 10.2 Å². The summed E-state index contributed by atoms with van der Waals surface area (Å²) in [6, 6.07) is 8.86. The summed E-state index contributed by atoms with van der Waals surface area (Å²) in [6.45, 7) is 1.38. The lowest BCUT2D eigenvalue weighted by Gasteiger charge is -2.36. The van der Waals surface area contributed by atoms with Gasteiger partial charge in [0.05, 0.1) is 0 Å². The molecule has 2 heterocycles. The molecule has 0 bridgehead atoms. The zero-order valence-electron chi connectivity index (χ0n) is 15.9. The third-order valence-corrected chi connectivity index (χ3v) is 6.30. The first-order valence-corrected chi connectivity index (χ1v) is 10.5. The van der Waals surface area contributed by atoms with E-state index in [0.29, 0.717) is 28.0 Å². The van der Waals surface area contributed by atoms with Crippen LogP contribution < -0.4 is 11.1 Å². The molecule has 0 fully saturated rings. The molecule has 2 aliphatic heterocycles. The van der Waals surface area contributed by atoms with E-state index in [-0.39, 0.29) is 30.1 Å². The maximum atomic E-state index is 13.6. The Bertz CT molecular complexity index is 1080. The Kier molecular flexibility index (Phi) is 7.02. The first kappa shape index (κ1) is 22.9. The molecule has 0 radical (unpaired) electrons. The summed E-state index contributed by atoms with van der Waals surface area (Å²) < 4.78 is 28.4. The Labute approximate surface area is 196 Å². The minimum Gasteiger partial charge on any atom is -0.370 e. The fraction of sp³-hybridized carbons (Fsp3) is 0.190. The average molecular weight is 561 g/mol. The molecule has 4 nitrogen and oxygen atoms in total. The van der Waals surface area contributed by atoms with Gasteiger partial charge in [-0.05, 0) is 59.7 Å². The van der Waals surface area contributed by atoms with Crippen molar-refractivity contribution in [3.8, 4) is 0 Å². The predicted octanol–water partition coefficient (Wildman–Crippen LogP) is 5.15. The maximum absolute atomic E-state index is 13.6. The normalized spacial score (nSPS) is 20.4. The van der Waals surface area contributed by atoms with Gasteiger partial charge in [0.15, 0.2) is 5.96 Å². The number of guanidine groups is 1. The van der Waals surface area contributed by atoms with Crippen molar-refractivity contribution >= 4 is 56.3 Å². The Balaban J connectivity index is 0.00000256. The van der Waals surface area contributed by atoms with Crippen molar-refractivity contribution in [2.75, 3.05) is 20.1 Å². The maximum Gasteiger partial charge on any atom is 0.194 e. The Morgan fingerprint density at radius 1 is 1.10 bits per heavy atom. The number of hydrogen-bond donors (Lipinski definition) is 2. The molecule has 0 saturated carbocycles. The average Bonchev–Trinajstić information content (AvgIpc) is 2.64. The van der Waals surface area contributed by atoms with Crippen molar-refractivity contribution in [3.05, 3.63) is 84.9 Å². The van der Waals surface area contributed by atoms with E-state index < -0.39 is 0 Å². The molecule has 4 rings (SSSR count). The summed E-state index contributed by atoms with van der Waals surface area (Å²) in [6.07, 6.45) is 2.01. The van der Waals surface area contributed by atoms with Gasteiger partial charge < -0.3 is 11.1 Å². The molecule has 30 heavy (non-hydrogen) atoms. The van der Waals surface area contributed by atoms with E-state index >= 15 is 0 Å². The number of halogens is 5. The van der Waals surface area contributed by atoms with E-state index in [9.17, 15) is 8.78 Å². The second-order valence-electron chi connectivity index (χ2n) is 7.12. The van der Waals surface area contributed by atoms with Crippen LogP contribution in [0.25, 0.3) is 6.08 Å².